The van der Waals surface area contributed by atoms with Crippen molar-refractivity contribution >= 4 is 11.4 Å². The van der Waals surface area contributed by atoms with Crippen molar-refractivity contribution in [1.29, 1.82) is 0 Å². The zero-order chi connectivity index (χ0) is 15.5. The average molecular weight is 293 g/mol. The first-order chi connectivity index (χ1) is 9.98. The second-order valence-corrected chi connectivity index (χ2v) is 5.82. The van der Waals surface area contributed by atoms with Crippen LogP contribution in [0, 0.1) is 10.1 Å². The molecule has 0 aromatic heterocycles. The van der Waals surface area contributed by atoms with Crippen molar-refractivity contribution in [3.05, 3.63) is 28.3 Å². The predicted molar refractivity (Wildman–Crippen MR) is 83.0 cm³/mol. The highest BCUT2D eigenvalue weighted by Crippen LogP contribution is 2.35. The smallest absolute Gasteiger partial charge is 0.296 e. The van der Waals surface area contributed by atoms with Crippen molar-refractivity contribution < 1.29 is 9.66 Å². The third kappa shape index (κ3) is 3.26. The maximum Gasteiger partial charge on any atom is 0.296 e. The Balaban J connectivity index is 2.17. The van der Waals surface area contributed by atoms with Gasteiger partial charge in [-0.15, -0.1) is 0 Å². The maximum absolute atomic E-state index is 11.2. The number of likely N-dealkylation sites (N-methyl/N-ethyl adjacent to an activating group) is 1. The monoisotopic (exact) mass is 293 g/mol. The Kier molecular flexibility index (Phi) is 4.67. The molecule has 0 atom stereocenters. The van der Waals surface area contributed by atoms with Crippen molar-refractivity contribution in [2.45, 2.75) is 31.2 Å². The van der Waals surface area contributed by atoms with Crippen molar-refractivity contribution in [1.82, 2.24) is 4.90 Å². The van der Waals surface area contributed by atoms with Crippen LogP contribution in [0.4, 0.5) is 11.4 Å². The van der Waals surface area contributed by atoms with E-state index in [0.29, 0.717) is 18.0 Å². The Bertz CT molecular complexity index is 511. The van der Waals surface area contributed by atoms with Crippen molar-refractivity contribution in [3.8, 4) is 5.75 Å². The predicted octanol–water partition coefficient (Wildman–Crippen LogP) is 2.89. The third-order valence-corrected chi connectivity index (χ3v) is 4.49. The van der Waals surface area contributed by atoms with Crippen molar-refractivity contribution in [2.75, 3.05) is 33.1 Å². The van der Waals surface area contributed by atoms with Gasteiger partial charge in [0.15, 0.2) is 0 Å². The van der Waals surface area contributed by atoms with Gasteiger partial charge >= 0.3 is 0 Å². The van der Waals surface area contributed by atoms with Gasteiger partial charge in [-0.3, -0.25) is 10.1 Å². The highest BCUT2D eigenvalue weighted by molar-refractivity contribution is 5.64. The van der Waals surface area contributed by atoms with Crippen LogP contribution in [-0.2, 0) is 0 Å². The molecule has 1 aromatic rings. The molecule has 1 saturated carbocycles. The van der Waals surface area contributed by atoms with Gasteiger partial charge in [-0.05, 0) is 39.1 Å². The SMILES string of the molecule is COc1ccc(NCC2(N(C)C)CCCC2)c([N+](=O)[O-])c1. The lowest BCUT2D eigenvalue weighted by Gasteiger charge is -2.36. The van der Waals surface area contributed by atoms with Gasteiger partial charge in [0.05, 0.1) is 18.1 Å². The molecule has 0 aliphatic heterocycles. The summed E-state index contributed by atoms with van der Waals surface area (Å²) in [6, 6.07) is 4.92. The van der Waals surface area contributed by atoms with Crippen LogP contribution in [0.25, 0.3) is 0 Å². The Morgan fingerprint density at radius 2 is 2.05 bits per heavy atom. The minimum atomic E-state index is -0.373. The van der Waals surface area contributed by atoms with Gasteiger partial charge in [0, 0.05) is 12.1 Å². The summed E-state index contributed by atoms with van der Waals surface area (Å²) in [6.07, 6.45) is 4.67. The summed E-state index contributed by atoms with van der Waals surface area (Å²) in [4.78, 5) is 13.1. The number of nitro benzene ring substituents is 1. The molecule has 0 unspecified atom stereocenters. The Labute approximate surface area is 125 Å². The molecule has 6 heteroatoms. The van der Waals surface area contributed by atoms with E-state index in [9.17, 15) is 10.1 Å². The van der Waals surface area contributed by atoms with Gasteiger partial charge in [0.25, 0.3) is 5.69 Å². The number of hydrogen-bond acceptors (Lipinski definition) is 5. The number of nitrogens with one attached hydrogen (secondary N) is 1. The van der Waals surface area contributed by atoms with Gasteiger partial charge in [-0.1, -0.05) is 12.8 Å². The minimum Gasteiger partial charge on any atom is -0.496 e. The summed E-state index contributed by atoms with van der Waals surface area (Å²) < 4.78 is 5.06. The van der Waals surface area contributed by atoms with Gasteiger partial charge < -0.3 is 15.0 Å². The molecule has 1 N–H and O–H groups in total. The van der Waals surface area contributed by atoms with Crippen LogP contribution in [0.15, 0.2) is 18.2 Å². The normalized spacial score (nSPS) is 17.0. The molecular weight excluding hydrogens is 270 g/mol. The summed E-state index contributed by atoms with van der Waals surface area (Å²) in [7, 11) is 5.66. The molecule has 0 spiro atoms. The highest BCUT2D eigenvalue weighted by atomic mass is 16.6. The minimum absolute atomic E-state index is 0.0567. The molecule has 0 saturated heterocycles. The van der Waals surface area contributed by atoms with Gasteiger partial charge in [-0.2, -0.15) is 0 Å². The zero-order valence-corrected chi connectivity index (χ0v) is 12.9. The maximum atomic E-state index is 11.2. The molecule has 0 radical (unpaired) electrons. The largest absolute Gasteiger partial charge is 0.496 e. The van der Waals surface area contributed by atoms with Crippen LogP contribution in [0.1, 0.15) is 25.7 Å². The number of methoxy groups -OCH3 is 1. The van der Waals surface area contributed by atoms with Crippen LogP contribution in [0.2, 0.25) is 0 Å². The number of rotatable bonds is 6. The number of anilines is 1. The standard InChI is InChI=1S/C15H23N3O3/c1-17(2)15(8-4-5-9-15)11-16-13-7-6-12(21-3)10-14(13)18(19)20/h6-7,10,16H,4-5,8-9,11H2,1-3H3. The third-order valence-electron chi connectivity index (χ3n) is 4.49. The number of nitro groups is 1. The molecule has 21 heavy (non-hydrogen) atoms. The Hall–Kier alpha value is -1.82. The molecular formula is C15H23N3O3. The summed E-state index contributed by atoms with van der Waals surface area (Å²) >= 11 is 0. The first-order valence-electron chi connectivity index (χ1n) is 7.22. The number of ether oxygens (including phenoxy) is 1. The van der Waals surface area contributed by atoms with Crippen LogP contribution in [0.3, 0.4) is 0 Å². The molecule has 1 aliphatic carbocycles. The van der Waals surface area contributed by atoms with E-state index in [1.165, 1.54) is 26.0 Å². The van der Waals surface area contributed by atoms with Gasteiger partial charge in [0.1, 0.15) is 11.4 Å². The van der Waals surface area contributed by atoms with Crippen molar-refractivity contribution in [3.63, 3.8) is 0 Å². The fraction of sp³-hybridized carbons (Fsp3) is 0.600. The second kappa shape index (κ2) is 6.30. The summed E-state index contributed by atoms with van der Waals surface area (Å²) in [6.45, 7) is 0.715. The van der Waals surface area contributed by atoms with E-state index in [1.54, 1.807) is 12.1 Å². The first kappa shape index (κ1) is 15.6. The van der Waals surface area contributed by atoms with E-state index in [1.807, 2.05) is 0 Å². The molecule has 6 nitrogen and oxygen atoms in total. The van der Waals surface area contributed by atoms with Crippen LogP contribution in [0.5, 0.6) is 5.75 Å². The van der Waals surface area contributed by atoms with E-state index in [2.05, 4.69) is 24.3 Å². The Morgan fingerprint density at radius 3 is 2.57 bits per heavy atom. The zero-order valence-electron chi connectivity index (χ0n) is 12.9. The average Bonchev–Trinajstić information content (AvgIpc) is 2.95. The fourth-order valence-electron chi connectivity index (χ4n) is 3.01. The number of benzene rings is 1. The van der Waals surface area contributed by atoms with E-state index in [0.717, 1.165) is 12.8 Å². The molecule has 116 valence electrons. The highest BCUT2D eigenvalue weighted by Gasteiger charge is 2.36. The summed E-state index contributed by atoms with van der Waals surface area (Å²) in [5, 5.41) is 14.5. The number of nitrogens with zero attached hydrogens (tertiary/aromatic N) is 2. The molecule has 1 aliphatic rings. The lowest BCUT2D eigenvalue weighted by atomic mass is 9.96. The summed E-state index contributed by atoms with van der Waals surface area (Å²) in [5.74, 6) is 0.496. The Morgan fingerprint density at radius 1 is 1.38 bits per heavy atom. The van der Waals surface area contributed by atoms with Crippen LogP contribution in [-0.4, -0.2) is 43.1 Å². The van der Waals surface area contributed by atoms with E-state index < -0.39 is 0 Å². The molecule has 0 heterocycles. The van der Waals surface area contributed by atoms with Crippen LogP contribution >= 0.6 is 0 Å². The molecule has 2 rings (SSSR count). The molecule has 1 fully saturated rings. The van der Waals surface area contributed by atoms with E-state index in [4.69, 9.17) is 4.74 Å². The fourth-order valence-corrected chi connectivity index (χ4v) is 3.01. The van der Waals surface area contributed by atoms with E-state index >= 15 is 0 Å². The quantitative estimate of drug-likeness (QED) is 0.645. The molecule has 1 aromatic carbocycles. The van der Waals surface area contributed by atoms with Gasteiger partial charge in [-0.25, -0.2) is 0 Å². The lowest BCUT2D eigenvalue weighted by Crippen LogP contribution is -2.47. The summed E-state index contributed by atoms with van der Waals surface area (Å²) in [5.41, 5.74) is 0.698. The van der Waals surface area contributed by atoms with Gasteiger partial charge in [0.2, 0.25) is 0 Å². The van der Waals surface area contributed by atoms with Crippen LogP contribution < -0.4 is 10.1 Å². The first-order valence-corrected chi connectivity index (χ1v) is 7.22. The second-order valence-electron chi connectivity index (χ2n) is 5.82. The van der Waals surface area contributed by atoms with E-state index in [-0.39, 0.29) is 16.1 Å². The topological polar surface area (TPSA) is 67.6 Å². The van der Waals surface area contributed by atoms with Crippen molar-refractivity contribution in [2.24, 2.45) is 0 Å². The molecule has 0 bridgehead atoms. The lowest BCUT2D eigenvalue weighted by molar-refractivity contribution is -0.384. The number of hydrogen-bond donors (Lipinski definition) is 1. The molecule has 0 amide bonds.